The number of hydrogen-bond donors (Lipinski definition) is 1. The van der Waals surface area contributed by atoms with Crippen molar-refractivity contribution < 1.29 is 27.1 Å². The van der Waals surface area contributed by atoms with Gasteiger partial charge in [0.25, 0.3) is 0 Å². The molecule has 1 heterocycles. The summed E-state index contributed by atoms with van der Waals surface area (Å²) in [6.45, 7) is 3.58. The SMILES string of the molecule is Cc1ccc(F)cc1CN(CCc1ccccc1)S(=O)(=O)c1ccc2oc(C(=O)O)c(C)c2c1. The van der Waals surface area contributed by atoms with Gasteiger partial charge in [0.15, 0.2) is 0 Å². The van der Waals surface area contributed by atoms with Gasteiger partial charge >= 0.3 is 5.97 Å². The van der Waals surface area contributed by atoms with Crippen LogP contribution in [0.4, 0.5) is 4.39 Å². The summed E-state index contributed by atoms with van der Waals surface area (Å²) in [7, 11) is -4.00. The van der Waals surface area contributed by atoms with Gasteiger partial charge in [-0.25, -0.2) is 17.6 Å². The van der Waals surface area contributed by atoms with Crippen LogP contribution in [0.1, 0.15) is 32.8 Å². The van der Waals surface area contributed by atoms with Crippen molar-refractivity contribution >= 4 is 27.0 Å². The predicted molar refractivity (Wildman–Crippen MR) is 127 cm³/mol. The quantitative estimate of drug-likeness (QED) is 0.368. The van der Waals surface area contributed by atoms with Crippen LogP contribution in [-0.2, 0) is 23.0 Å². The molecular weight excluding hydrogens is 457 g/mol. The van der Waals surface area contributed by atoms with Crippen LogP contribution in [0.5, 0.6) is 0 Å². The molecule has 0 aliphatic rings. The number of fused-ring (bicyclic) bond motifs is 1. The largest absolute Gasteiger partial charge is 0.475 e. The second kappa shape index (κ2) is 9.40. The van der Waals surface area contributed by atoms with Gasteiger partial charge in [0.05, 0.1) is 4.90 Å². The summed E-state index contributed by atoms with van der Waals surface area (Å²) in [4.78, 5) is 11.4. The first-order chi connectivity index (χ1) is 16.2. The summed E-state index contributed by atoms with van der Waals surface area (Å²) in [6, 6.07) is 18.1. The number of carbonyl (C=O) groups is 1. The zero-order valence-corrected chi connectivity index (χ0v) is 19.6. The van der Waals surface area contributed by atoms with Gasteiger partial charge in [0.2, 0.25) is 15.8 Å². The first-order valence-corrected chi connectivity index (χ1v) is 12.2. The van der Waals surface area contributed by atoms with E-state index in [0.717, 1.165) is 11.1 Å². The van der Waals surface area contributed by atoms with Crippen molar-refractivity contribution in [3.63, 3.8) is 0 Å². The normalized spacial score (nSPS) is 11.9. The fourth-order valence-electron chi connectivity index (χ4n) is 3.90. The number of furan rings is 1. The molecule has 3 aromatic carbocycles. The number of rotatable bonds is 8. The molecular formula is C26H24FNO5S. The molecule has 0 atom stereocenters. The molecule has 6 nitrogen and oxygen atoms in total. The summed E-state index contributed by atoms with van der Waals surface area (Å²) >= 11 is 0. The Balaban J connectivity index is 1.74. The highest BCUT2D eigenvalue weighted by atomic mass is 32.2. The molecule has 0 spiro atoms. The topological polar surface area (TPSA) is 87.8 Å². The van der Waals surface area contributed by atoms with Crippen LogP contribution < -0.4 is 0 Å². The van der Waals surface area contributed by atoms with E-state index in [1.807, 2.05) is 37.3 Å². The molecule has 0 fully saturated rings. The molecule has 0 amide bonds. The average Bonchev–Trinajstić information content (AvgIpc) is 3.15. The fourth-order valence-corrected chi connectivity index (χ4v) is 5.34. The molecule has 0 aliphatic carbocycles. The number of sulfonamides is 1. The van der Waals surface area contributed by atoms with E-state index in [4.69, 9.17) is 4.42 Å². The Hall–Kier alpha value is -3.49. The number of nitrogens with zero attached hydrogens (tertiary/aromatic N) is 1. The first kappa shape index (κ1) is 23.7. The van der Waals surface area contributed by atoms with E-state index >= 15 is 0 Å². The van der Waals surface area contributed by atoms with Crippen LogP contribution in [0.3, 0.4) is 0 Å². The van der Waals surface area contributed by atoms with Gasteiger partial charge in [0, 0.05) is 24.0 Å². The molecule has 0 bridgehead atoms. The van der Waals surface area contributed by atoms with E-state index in [2.05, 4.69) is 0 Å². The van der Waals surface area contributed by atoms with Crippen molar-refractivity contribution in [2.75, 3.05) is 6.54 Å². The summed E-state index contributed by atoms with van der Waals surface area (Å²) in [5.41, 5.74) is 2.99. The maximum absolute atomic E-state index is 13.9. The average molecular weight is 482 g/mol. The molecule has 1 aromatic heterocycles. The van der Waals surface area contributed by atoms with Gasteiger partial charge in [-0.3, -0.25) is 0 Å². The fraction of sp³-hybridized carbons (Fsp3) is 0.192. The molecule has 1 N–H and O–H groups in total. The lowest BCUT2D eigenvalue weighted by Crippen LogP contribution is -2.33. The standard InChI is InChI=1S/C26H24FNO5S/c1-17-8-9-21(27)14-20(17)16-28(13-12-19-6-4-3-5-7-19)34(31,32)22-10-11-24-23(15-22)18(2)25(33-24)26(29)30/h3-11,14-15H,12-13,16H2,1-2H3,(H,29,30). The second-order valence-corrected chi connectivity index (χ2v) is 10.1. The highest BCUT2D eigenvalue weighted by molar-refractivity contribution is 7.89. The lowest BCUT2D eigenvalue weighted by atomic mass is 10.1. The second-order valence-electron chi connectivity index (χ2n) is 8.16. The van der Waals surface area contributed by atoms with Gasteiger partial charge < -0.3 is 9.52 Å². The van der Waals surface area contributed by atoms with E-state index in [1.165, 1.54) is 34.6 Å². The summed E-state index contributed by atoms with van der Waals surface area (Å²) < 4.78 is 48.1. The molecule has 34 heavy (non-hydrogen) atoms. The van der Waals surface area contributed by atoms with Gasteiger partial charge in [0.1, 0.15) is 11.4 Å². The van der Waals surface area contributed by atoms with E-state index in [9.17, 15) is 22.7 Å². The van der Waals surface area contributed by atoms with Crippen molar-refractivity contribution in [2.24, 2.45) is 0 Å². The molecule has 0 unspecified atom stereocenters. The number of carboxylic acids is 1. The predicted octanol–water partition coefficient (Wildman–Crippen LogP) is 5.32. The van der Waals surface area contributed by atoms with E-state index < -0.39 is 21.8 Å². The molecule has 8 heteroatoms. The minimum absolute atomic E-state index is 0.00153. The van der Waals surface area contributed by atoms with E-state index in [0.29, 0.717) is 28.5 Å². The monoisotopic (exact) mass is 481 g/mol. The Morgan fingerprint density at radius 1 is 1.03 bits per heavy atom. The number of hydrogen-bond acceptors (Lipinski definition) is 4. The highest BCUT2D eigenvalue weighted by Gasteiger charge is 2.27. The van der Waals surface area contributed by atoms with E-state index in [1.54, 1.807) is 13.0 Å². The van der Waals surface area contributed by atoms with Crippen LogP contribution in [0.2, 0.25) is 0 Å². The third-order valence-corrected chi connectivity index (χ3v) is 7.73. The first-order valence-electron chi connectivity index (χ1n) is 10.7. The maximum atomic E-state index is 13.9. The molecule has 176 valence electrons. The summed E-state index contributed by atoms with van der Waals surface area (Å²) in [6.07, 6.45) is 0.477. The van der Waals surface area contributed by atoms with Crippen molar-refractivity contribution in [3.8, 4) is 0 Å². The molecule has 0 saturated heterocycles. The number of aromatic carboxylic acids is 1. The lowest BCUT2D eigenvalue weighted by Gasteiger charge is -2.23. The summed E-state index contributed by atoms with van der Waals surface area (Å²) in [5.74, 6) is -1.87. The Kier molecular flexibility index (Phi) is 6.54. The van der Waals surface area contributed by atoms with Gasteiger partial charge in [-0.1, -0.05) is 36.4 Å². The van der Waals surface area contributed by atoms with Crippen LogP contribution in [0, 0.1) is 19.7 Å². The molecule has 0 saturated carbocycles. The Morgan fingerprint density at radius 2 is 1.76 bits per heavy atom. The minimum Gasteiger partial charge on any atom is -0.475 e. The third-order valence-electron chi connectivity index (χ3n) is 5.89. The Bertz CT molecular complexity index is 1460. The van der Waals surface area contributed by atoms with Crippen molar-refractivity contribution in [1.82, 2.24) is 4.31 Å². The maximum Gasteiger partial charge on any atom is 0.372 e. The summed E-state index contributed by atoms with van der Waals surface area (Å²) in [5, 5.41) is 9.74. The van der Waals surface area contributed by atoms with Crippen molar-refractivity contribution in [3.05, 3.63) is 101 Å². The lowest BCUT2D eigenvalue weighted by molar-refractivity contribution is 0.0664. The number of halogens is 1. The number of benzene rings is 3. The molecule has 0 aliphatic heterocycles. The molecule has 0 radical (unpaired) electrons. The van der Waals surface area contributed by atoms with Gasteiger partial charge in [-0.2, -0.15) is 4.31 Å². The van der Waals surface area contributed by atoms with Gasteiger partial charge in [-0.15, -0.1) is 0 Å². The van der Waals surface area contributed by atoms with Gasteiger partial charge in [-0.05, 0) is 67.3 Å². The van der Waals surface area contributed by atoms with Crippen LogP contribution in [0.15, 0.2) is 76.0 Å². The Labute approximate surface area is 197 Å². The third kappa shape index (κ3) is 4.73. The van der Waals surface area contributed by atoms with Crippen LogP contribution in [0.25, 0.3) is 11.0 Å². The van der Waals surface area contributed by atoms with Crippen molar-refractivity contribution in [1.29, 1.82) is 0 Å². The number of carboxylic acid groups (broad SMARTS) is 1. The van der Waals surface area contributed by atoms with Crippen LogP contribution in [-0.4, -0.2) is 30.3 Å². The zero-order valence-electron chi connectivity index (χ0n) is 18.8. The zero-order chi connectivity index (χ0) is 24.5. The molecule has 4 rings (SSSR count). The van der Waals surface area contributed by atoms with Crippen LogP contribution >= 0.6 is 0 Å². The Morgan fingerprint density at radius 3 is 2.47 bits per heavy atom. The number of aryl methyl sites for hydroxylation is 2. The molecule has 4 aromatic rings. The van der Waals surface area contributed by atoms with Crippen molar-refractivity contribution in [2.45, 2.75) is 31.7 Å². The van der Waals surface area contributed by atoms with E-state index in [-0.39, 0.29) is 23.7 Å². The highest BCUT2D eigenvalue weighted by Crippen LogP contribution is 2.30. The smallest absolute Gasteiger partial charge is 0.372 e. The minimum atomic E-state index is -4.00.